The van der Waals surface area contributed by atoms with Crippen LogP contribution in [-0.4, -0.2) is 4.98 Å². The van der Waals surface area contributed by atoms with Gasteiger partial charge in [-0.25, -0.2) is 4.98 Å². The van der Waals surface area contributed by atoms with Gasteiger partial charge in [-0.1, -0.05) is 6.07 Å². The van der Waals surface area contributed by atoms with E-state index in [0.717, 1.165) is 23.3 Å². The zero-order chi connectivity index (χ0) is 15.6. The van der Waals surface area contributed by atoms with Crippen molar-refractivity contribution in [2.45, 2.75) is 20.0 Å². The van der Waals surface area contributed by atoms with E-state index in [1.165, 1.54) is 0 Å². The van der Waals surface area contributed by atoms with Crippen molar-refractivity contribution < 1.29 is 13.2 Å². The first-order valence-electron chi connectivity index (χ1n) is 6.14. The fourth-order valence-corrected chi connectivity index (χ4v) is 1.76. The number of aromatic nitrogens is 1. The first-order chi connectivity index (χ1) is 9.81. The molecule has 3 nitrogen and oxygen atoms in total. The minimum absolute atomic E-state index is 0.0567. The highest BCUT2D eigenvalue weighted by Crippen LogP contribution is 2.30. The smallest absolute Gasteiger partial charge is 0.339 e. The van der Waals surface area contributed by atoms with Gasteiger partial charge >= 0.3 is 6.18 Å². The van der Waals surface area contributed by atoms with E-state index in [0.29, 0.717) is 5.69 Å². The van der Waals surface area contributed by atoms with Crippen molar-refractivity contribution in [1.29, 1.82) is 5.26 Å². The summed E-state index contributed by atoms with van der Waals surface area (Å²) in [4.78, 5) is 3.50. The van der Waals surface area contributed by atoms with Crippen LogP contribution in [0.5, 0.6) is 0 Å². The van der Waals surface area contributed by atoms with E-state index in [2.05, 4.69) is 10.3 Å². The number of nitriles is 1. The van der Waals surface area contributed by atoms with Gasteiger partial charge in [0.2, 0.25) is 0 Å². The lowest BCUT2D eigenvalue weighted by Crippen LogP contribution is -2.10. The van der Waals surface area contributed by atoms with Gasteiger partial charge in [0.05, 0.1) is 5.56 Å². The van der Waals surface area contributed by atoms with Crippen LogP contribution in [-0.2, 0) is 6.18 Å². The molecule has 0 saturated carbocycles. The Morgan fingerprint density at radius 3 is 2.38 bits per heavy atom. The van der Waals surface area contributed by atoms with Crippen LogP contribution in [0.2, 0.25) is 0 Å². The van der Waals surface area contributed by atoms with E-state index in [-0.39, 0.29) is 11.4 Å². The Morgan fingerprint density at radius 2 is 1.81 bits per heavy atom. The van der Waals surface area contributed by atoms with Crippen molar-refractivity contribution in [3.05, 3.63) is 52.7 Å². The molecule has 0 fully saturated rings. The molecule has 108 valence electrons. The molecule has 0 unspecified atom stereocenters. The summed E-state index contributed by atoms with van der Waals surface area (Å²) in [6, 6.07) is 9.10. The van der Waals surface area contributed by atoms with E-state index >= 15 is 0 Å². The maximum atomic E-state index is 12.7. The third-order valence-electron chi connectivity index (χ3n) is 3.08. The third kappa shape index (κ3) is 3.31. The number of benzene rings is 1. The Bertz CT molecular complexity index is 715. The Balaban J connectivity index is 2.42. The highest BCUT2D eigenvalue weighted by Gasteiger charge is 2.33. The number of pyridine rings is 1. The van der Waals surface area contributed by atoms with Gasteiger partial charge in [0.15, 0.2) is 0 Å². The zero-order valence-corrected chi connectivity index (χ0v) is 11.4. The summed E-state index contributed by atoms with van der Waals surface area (Å²) < 4.78 is 38.1. The van der Waals surface area contributed by atoms with Gasteiger partial charge in [0.1, 0.15) is 17.6 Å². The average Bonchev–Trinajstić information content (AvgIpc) is 2.42. The van der Waals surface area contributed by atoms with E-state index in [1.54, 1.807) is 12.1 Å². The highest BCUT2D eigenvalue weighted by molar-refractivity contribution is 5.63. The fraction of sp³-hybridized carbons (Fsp3) is 0.200. The number of alkyl halides is 3. The minimum Gasteiger partial charge on any atom is -0.339 e. The number of aryl methyl sites for hydroxylation is 2. The number of nitrogens with zero attached hydrogens (tertiary/aromatic N) is 2. The molecule has 2 rings (SSSR count). The van der Waals surface area contributed by atoms with Gasteiger partial charge in [-0.15, -0.1) is 0 Å². The number of hydrogen-bond donors (Lipinski definition) is 1. The number of anilines is 2. The summed E-state index contributed by atoms with van der Waals surface area (Å²) >= 11 is 0. The van der Waals surface area contributed by atoms with Crippen LogP contribution < -0.4 is 5.32 Å². The van der Waals surface area contributed by atoms with Crippen molar-refractivity contribution in [2.75, 3.05) is 5.32 Å². The Kier molecular flexibility index (Phi) is 3.85. The minimum atomic E-state index is -4.55. The van der Waals surface area contributed by atoms with E-state index < -0.39 is 11.9 Å². The highest BCUT2D eigenvalue weighted by atomic mass is 19.4. The first kappa shape index (κ1) is 14.9. The molecule has 2 aromatic rings. The summed E-state index contributed by atoms with van der Waals surface area (Å²) in [7, 11) is 0. The maximum absolute atomic E-state index is 12.7. The Morgan fingerprint density at radius 1 is 1.10 bits per heavy atom. The van der Waals surface area contributed by atoms with Crippen molar-refractivity contribution in [2.24, 2.45) is 0 Å². The largest absolute Gasteiger partial charge is 0.433 e. The van der Waals surface area contributed by atoms with Crippen LogP contribution >= 0.6 is 0 Å². The lowest BCUT2D eigenvalue weighted by molar-refractivity contribution is -0.141. The second kappa shape index (κ2) is 5.44. The molecule has 6 heteroatoms. The molecule has 0 radical (unpaired) electrons. The van der Waals surface area contributed by atoms with Crippen LogP contribution in [0.1, 0.15) is 22.4 Å². The molecule has 0 spiro atoms. The van der Waals surface area contributed by atoms with Crippen molar-refractivity contribution >= 4 is 11.5 Å². The summed E-state index contributed by atoms with van der Waals surface area (Å²) in [5.41, 5.74) is 1.67. The van der Waals surface area contributed by atoms with Gasteiger partial charge in [0, 0.05) is 5.69 Å². The molecule has 0 aliphatic carbocycles. The van der Waals surface area contributed by atoms with E-state index in [9.17, 15) is 13.2 Å². The summed E-state index contributed by atoms with van der Waals surface area (Å²) in [6.45, 7) is 3.83. The van der Waals surface area contributed by atoms with Gasteiger partial charge in [-0.3, -0.25) is 0 Å². The maximum Gasteiger partial charge on any atom is 0.433 e. The molecule has 1 aromatic heterocycles. The molecule has 0 atom stereocenters. The Hall–Kier alpha value is -2.55. The predicted octanol–water partition coefficient (Wildman–Crippen LogP) is 4.33. The molecule has 1 heterocycles. The number of hydrogen-bond acceptors (Lipinski definition) is 3. The van der Waals surface area contributed by atoms with Crippen LogP contribution in [0.4, 0.5) is 24.7 Å². The van der Waals surface area contributed by atoms with Crippen molar-refractivity contribution in [3.8, 4) is 6.07 Å². The molecule has 0 aliphatic rings. The lowest BCUT2D eigenvalue weighted by Gasteiger charge is -2.12. The second-order valence-electron chi connectivity index (χ2n) is 4.63. The summed E-state index contributed by atoms with van der Waals surface area (Å²) in [6.07, 6.45) is -4.55. The van der Waals surface area contributed by atoms with Gasteiger partial charge in [-0.2, -0.15) is 18.4 Å². The second-order valence-corrected chi connectivity index (χ2v) is 4.63. The number of nitrogens with one attached hydrogen (secondary N) is 1. The molecule has 1 N–H and O–H groups in total. The SMILES string of the molecule is Cc1ccc(Nc2nc(C(F)(F)F)ccc2C#N)cc1C. The summed E-state index contributed by atoms with van der Waals surface area (Å²) in [5.74, 6) is -0.101. The molecule has 0 bridgehead atoms. The topological polar surface area (TPSA) is 48.7 Å². The normalized spacial score (nSPS) is 11.0. The molecular formula is C15H12F3N3. The van der Waals surface area contributed by atoms with Crippen LogP contribution in [0.25, 0.3) is 0 Å². The van der Waals surface area contributed by atoms with E-state index in [1.807, 2.05) is 26.0 Å². The average molecular weight is 291 g/mol. The molecule has 21 heavy (non-hydrogen) atoms. The van der Waals surface area contributed by atoms with Crippen LogP contribution in [0.3, 0.4) is 0 Å². The molecule has 0 saturated heterocycles. The van der Waals surface area contributed by atoms with Gasteiger partial charge < -0.3 is 5.32 Å². The third-order valence-corrected chi connectivity index (χ3v) is 3.08. The van der Waals surface area contributed by atoms with Gasteiger partial charge in [-0.05, 0) is 49.2 Å². The molecule has 0 amide bonds. The summed E-state index contributed by atoms with van der Waals surface area (Å²) in [5, 5.41) is 11.7. The standard InChI is InChI=1S/C15H12F3N3/c1-9-3-5-12(7-10(9)2)20-14-11(8-19)4-6-13(21-14)15(16,17)18/h3-7H,1-2H3,(H,20,21). The molecule has 1 aromatic carbocycles. The monoisotopic (exact) mass is 291 g/mol. The molecule has 0 aliphatic heterocycles. The quantitative estimate of drug-likeness (QED) is 0.895. The van der Waals surface area contributed by atoms with Gasteiger partial charge in [0.25, 0.3) is 0 Å². The van der Waals surface area contributed by atoms with Crippen LogP contribution in [0, 0.1) is 25.2 Å². The number of halogens is 3. The first-order valence-corrected chi connectivity index (χ1v) is 6.14. The van der Waals surface area contributed by atoms with E-state index in [4.69, 9.17) is 5.26 Å². The number of rotatable bonds is 2. The van der Waals surface area contributed by atoms with Crippen molar-refractivity contribution in [1.82, 2.24) is 4.98 Å². The van der Waals surface area contributed by atoms with Crippen LogP contribution in [0.15, 0.2) is 30.3 Å². The lowest BCUT2D eigenvalue weighted by atomic mass is 10.1. The fourth-order valence-electron chi connectivity index (χ4n) is 1.76. The Labute approximate surface area is 120 Å². The van der Waals surface area contributed by atoms with Crippen molar-refractivity contribution in [3.63, 3.8) is 0 Å². The zero-order valence-electron chi connectivity index (χ0n) is 11.4. The molecular weight excluding hydrogens is 279 g/mol. The predicted molar refractivity (Wildman–Crippen MR) is 73.2 cm³/mol.